The van der Waals surface area contributed by atoms with E-state index in [4.69, 9.17) is 14.2 Å². The second-order valence-corrected chi connectivity index (χ2v) is 10.3. The van der Waals surface area contributed by atoms with Crippen LogP contribution in [0.4, 0.5) is 35.1 Å². The van der Waals surface area contributed by atoms with Gasteiger partial charge in [-0.25, -0.2) is 26.3 Å². The SMILES string of the molecule is CCCCOC1COC(c2ccc(-c3ccc(-c4cc(F)c(C(F)(F)Oc5cc(F)c(F)c(F)c5)c(F)c4)c(F)c3)cc2)OC1. The van der Waals surface area contributed by atoms with Crippen LogP contribution >= 0.6 is 0 Å². The molecule has 0 saturated carbocycles. The molecule has 0 unspecified atom stereocenters. The summed E-state index contributed by atoms with van der Waals surface area (Å²) in [5.41, 5.74) is -0.797. The zero-order valence-corrected chi connectivity index (χ0v) is 23.7. The van der Waals surface area contributed by atoms with Crippen molar-refractivity contribution in [2.24, 2.45) is 0 Å². The van der Waals surface area contributed by atoms with Crippen LogP contribution in [0.15, 0.2) is 66.7 Å². The molecular formula is C33H26F8O4. The molecule has 238 valence electrons. The van der Waals surface area contributed by atoms with Gasteiger partial charge >= 0.3 is 6.11 Å². The van der Waals surface area contributed by atoms with Gasteiger partial charge in [0.25, 0.3) is 0 Å². The fourth-order valence-electron chi connectivity index (χ4n) is 4.73. The normalized spacial score (nSPS) is 17.0. The van der Waals surface area contributed by atoms with Gasteiger partial charge in [0.1, 0.15) is 34.9 Å². The van der Waals surface area contributed by atoms with Crippen LogP contribution in [0.3, 0.4) is 0 Å². The molecule has 0 bridgehead atoms. The van der Waals surface area contributed by atoms with Crippen molar-refractivity contribution >= 4 is 0 Å². The van der Waals surface area contributed by atoms with E-state index in [1.807, 2.05) is 0 Å². The lowest BCUT2D eigenvalue weighted by Crippen LogP contribution is -2.33. The number of rotatable bonds is 10. The topological polar surface area (TPSA) is 36.9 Å². The van der Waals surface area contributed by atoms with E-state index < -0.39 is 64.2 Å². The van der Waals surface area contributed by atoms with Crippen LogP contribution in [-0.4, -0.2) is 25.9 Å². The average molecular weight is 639 g/mol. The van der Waals surface area contributed by atoms with Crippen LogP contribution in [0.2, 0.25) is 0 Å². The number of halogens is 8. The maximum Gasteiger partial charge on any atom is 0.432 e. The molecule has 12 heteroatoms. The van der Waals surface area contributed by atoms with E-state index in [0.717, 1.165) is 24.5 Å². The van der Waals surface area contributed by atoms with Gasteiger partial charge in [0.2, 0.25) is 0 Å². The highest BCUT2D eigenvalue weighted by Gasteiger charge is 2.41. The lowest BCUT2D eigenvalue weighted by molar-refractivity contribution is -0.230. The molecule has 0 radical (unpaired) electrons. The second kappa shape index (κ2) is 13.6. The predicted molar refractivity (Wildman–Crippen MR) is 147 cm³/mol. The van der Waals surface area contributed by atoms with Gasteiger partial charge in [-0.2, -0.15) is 8.78 Å². The summed E-state index contributed by atoms with van der Waals surface area (Å²) in [7, 11) is 0. The number of benzene rings is 4. The number of hydrogen-bond acceptors (Lipinski definition) is 4. The zero-order chi connectivity index (χ0) is 32.3. The summed E-state index contributed by atoms with van der Waals surface area (Å²) in [5.74, 6) is -11.4. The Balaban J connectivity index is 1.30. The van der Waals surface area contributed by atoms with Gasteiger partial charge in [0.05, 0.1) is 13.2 Å². The number of unbranched alkanes of at least 4 members (excludes halogenated alkanes) is 1. The molecule has 45 heavy (non-hydrogen) atoms. The molecule has 1 saturated heterocycles. The van der Waals surface area contributed by atoms with Crippen LogP contribution in [0, 0.1) is 34.9 Å². The fourth-order valence-corrected chi connectivity index (χ4v) is 4.73. The largest absolute Gasteiger partial charge is 0.432 e. The molecule has 0 aromatic heterocycles. The number of hydrogen-bond donors (Lipinski definition) is 0. The monoisotopic (exact) mass is 638 g/mol. The van der Waals surface area contributed by atoms with E-state index in [-0.39, 0.29) is 23.8 Å². The first kappa shape index (κ1) is 32.4. The van der Waals surface area contributed by atoms with Crippen molar-refractivity contribution in [1.29, 1.82) is 0 Å². The Labute approximate surface area is 253 Å². The Morgan fingerprint density at radius 1 is 0.711 bits per heavy atom. The van der Waals surface area contributed by atoms with Crippen molar-refractivity contribution in [2.75, 3.05) is 19.8 Å². The Kier molecular flexibility index (Phi) is 9.76. The van der Waals surface area contributed by atoms with Crippen LogP contribution in [-0.2, 0) is 20.3 Å². The van der Waals surface area contributed by atoms with Crippen molar-refractivity contribution in [3.63, 3.8) is 0 Å². The number of ether oxygens (including phenoxy) is 4. The summed E-state index contributed by atoms with van der Waals surface area (Å²) in [5, 5.41) is 0. The molecule has 0 amide bonds. The van der Waals surface area contributed by atoms with E-state index in [1.165, 1.54) is 12.1 Å². The summed E-state index contributed by atoms with van der Waals surface area (Å²) >= 11 is 0. The van der Waals surface area contributed by atoms with Crippen LogP contribution < -0.4 is 4.74 Å². The van der Waals surface area contributed by atoms with Crippen molar-refractivity contribution in [3.05, 3.63) is 113 Å². The molecular weight excluding hydrogens is 612 g/mol. The molecule has 0 N–H and O–H groups in total. The van der Waals surface area contributed by atoms with Gasteiger partial charge in [-0.15, -0.1) is 0 Å². The standard InChI is InChI=1S/C33H26F8O4/c1-2-3-10-42-23-16-43-32(44-17-23)19-6-4-18(5-7-19)20-8-9-24(25(34)11-20)21-12-26(35)30(27(36)13-21)33(40,41)45-22-14-28(37)31(39)29(38)15-22/h4-9,11-15,23,32H,2-3,10,16-17H2,1H3. The first-order valence-electron chi connectivity index (χ1n) is 13.9. The van der Waals surface area contributed by atoms with Crippen molar-refractivity contribution in [3.8, 4) is 28.0 Å². The lowest BCUT2D eigenvalue weighted by Gasteiger charge is -2.29. The molecule has 4 aromatic carbocycles. The summed E-state index contributed by atoms with van der Waals surface area (Å²) in [4.78, 5) is 0. The Morgan fingerprint density at radius 3 is 1.87 bits per heavy atom. The van der Waals surface area contributed by atoms with Crippen molar-refractivity contribution in [1.82, 2.24) is 0 Å². The Hall–Kier alpha value is -4.00. The van der Waals surface area contributed by atoms with Gasteiger partial charge in [0, 0.05) is 29.9 Å². The third-order valence-electron chi connectivity index (χ3n) is 7.05. The van der Waals surface area contributed by atoms with E-state index in [9.17, 15) is 30.7 Å². The zero-order valence-electron chi connectivity index (χ0n) is 23.7. The molecule has 1 heterocycles. The van der Waals surface area contributed by atoms with E-state index in [2.05, 4.69) is 11.7 Å². The highest BCUT2D eigenvalue weighted by Crippen LogP contribution is 2.38. The maximum absolute atomic E-state index is 15.2. The Bertz CT molecular complexity index is 1610. The summed E-state index contributed by atoms with van der Waals surface area (Å²) in [6.07, 6.45) is -3.53. The van der Waals surface area contributed by atoms with Gasteiger partial charge in [-0.05, 0) is 41.3 Å². The van der Waals surface area contributed by atoms with Crippen molar-refractivity contribution in [2.45, 2.75) is 38.3 Å². The number of alkyl halides is 2. The molecule has 5 rings (SSSR count). The predicted octanol–water partition coefficient (Wildman–Crippen LogP) is 9.21. The molecule has 1 aliphatic rings. The minimum Gasteiger partial charge on any atom is -0.429 e. The summed E-state index contributed by atoms with van der Waals surface area (Å²) < 4.78 is 135. The Morgan fingerprint density at radius 2 is 1.29 bits per heavy atom. The summed E-state index contributed by atoms with van der Waals surface area (Å²) in [6.45, 7) is 3.46. The quantitative estimate of drug-likeness (QED) is 0.0986. The molecule has 0 aliphatic carbocycles. The highest BCUT2D eigenvalue weighted by atomic mass is 19.3. The molecule has 4 aromatic rings. The van der Waals surface area contributed by atoms with Crippen LogP contribution in [0.25, 0.3) is 22.3 Å². The third-order valence-corrected chi connectivity index (χ3v) is 7.05. The van der Waals surface area contributed by atoms with Gasteiger partial charge < -0.3 is 18.9 Å². The molecule has 4 nitrogen and oxygen atoms in total. The van der Waals surface area contributed by atoms with Gasteiger partial charge in [-0.1, -0.05) is 49.7 Å². The first-order chi connectivity index (χ1) is 21.5. The second-order valence-electron chi connectivity index (χ2n) is 10.3. The van der Waals surface area contributed by atoms with Gasteiger partial charge in [0.15, 0.2) is 23.7 Å². The lowest BCUT2D eigenvalue weighted by atomic mass is 9.97. The fraction of sp³-hybridized carbons (Fsp3) is 0.273. The maximum atomic E-state index is 15.2. The minimum atomic E-state index is -4.77. The minimum absolute atomic E-state index is 0.0956. The van der Waals surface area contributed by atoms with Crippen LogP contribution in [0.1, 0.15) is 37.2 Å². The van der Waals surface area contributed by atoms with Crippen molar-refractivity contribution < 1.29 is 54.1 Å². The third kappa shape index (κ3) is 7.29. The highest BCUT2D eigenvalue weighted by molar-refractivity contribution is 5.71. The molecule has 1 fully saturated rings. The van der Waals surface area contributed by atoms with E-state index in [0.29, 0.717) is 43.1 Å². The van der Waals surface area contributed by atoms with Gasteiger partial charge in [-0.3, -0.25) is 0 Å². The first-order valence-corrected chi connectivity index (χ1v) is 13.9. The molecule has 0 spiro atoms. The summed E-state index contributed by atoms with van der Waals surface area (Å²) in [6, 6.07) is 11.9. The van der Waals surface area contributed by atoms with Crippen LogP contribution in [0.5, 0.6) is 5.75 Å². The molecule has 0 atom stereocenters. The molecule has 1 aliphatic heterocycles. The van der Waals surface area contributed by atoms with E-state index >= 15 is 4.39 Å². The van der Waals surface area contributed by atoms with E-state index in [1.54, 1.807) is 24.3 Å². The smallest absolute Gasteiger partial charge is 0.429 e. The average Bonchev–Trinajstić information content (AvgIpc) is 2.99.